The summed E-state index contributed by atoms with van der Waals surface area (Å²) in [6, 6.07) is 16.4. The van der Waals surface area contributed by atoms with E-state index in [9.17, 15) is 4.79 Å². The smallest absolute Gasteiger partial charge is 0.257 e. The Balaban J connectivity index is 1.47. The summed E-state index contributed by atoms with van der Waals surface area (Å²) >= 11 is 0. The van der Waals surface area contributed by atoms with E-state index in [4.69, 9.17) is 4.98 Å². The van der Waals surface area contributed by atoms with Crippen molar-refractivity contribution in [2.24, 2.45) is 0 Å². The minimum atomic E-state index is 0.151. The van der Waals surface area contributed by atoms with Gasteiger partial charge in [0.1, 0.15) is 5.82 Å². The number of aromatic amines is 1. The molecule has 0 aliphatic heterocycles. The minimum Gasteiger partial charge on any atom is -0.292 e. The molecule has 0 atom stereocenters. The standard InChI is InChI=1S/C26H28N6O/c1-2-3-12-24-27-23-11-7-6-10-22(23)26(33)32(24)17-18-13-15-19(16-14-18)20-8-4-5-9-21(20)25-28-30-31-29-25/h4-5,8-9,13-16H,2-3,6-7,10-12,17H2,1H3,(H,28,29,30,31). The van der Waals surface area contributed by atoms with Gasteiger partial charge in [0.25, 0.3) is 5.56 Å². The molecule has 4 aromatic rings. The zero-order chi connectivity index (χ0) is 22.6. The first-order chi connectivity index (χ1) is 16.2. The molecule has 168 valence electrons. The van der Waals surface area contributed by atoms with Crippen LogP contribution in [0.3, 0.4) is 0 Å². The van der Waals surface area contributed by atoms with Gasteiger partial charge in [-0.2, -0.15) is 0 Å². The van der Waals surface area contributed by atoms with E-state index < -0.39 is 0 Å². The molecule has 0 radical (unpaired) electrons. The number of unbranched alkanes of at least 4 members (excludes halogenated alkanes) is 1. The monoisotopic (exact) mass is 440 g/mol. The second-order valence-corrected chi connectivity index (χ2v) is 8.65. The average Bonchev–Trinajstić information content (AvgIpc) is 3.40. The fourth-order valence-corrected chi connectivity index (χ4v) is 4.62. The second-order valence-electron chi connectivity index (χ2n) is 8.65. The fourth-order valence-electron chi connectivity index (χ4n) is 4.62. The molecule has 1 aliphatic carbocycles. The maximum Gasteiger partial charge on any atom is 0.257 e. The molecule has 0 amide bonds. The molecule has 0 saturated heterocycles. The number of aromatic nitrogens is 6. The zero-order valence-electron chi connectivity index (χ0n) is 18.9. The summed E-state index contributed by atoms with van der Waals surface area (Å²) in [7, 11) is 0. The number of hydrogen-bond acceptors (Lipinski definition) is 5. The summed E-state index contributed by atoms with van der Waals surface area (Å²) in [5, 5.41) is 14.3. The third kappa shape index (κ3) is 4.35. The first-order valence-electron chi connectivity index (χ1n) is 11.8. The lowest BCUT2D eigenvalue weighted by Crippen LogP contribution is -2.32. The number of aryl methyl sites for hydroxylation is 2. The number of H-pyrrole nitrogens is 1. The van der Waals surface area contributed by atoms with Crippen molar-refractivity contribution >= 4 is 0 Å². The Hall–Kier alpha value is -3.61. The van der Waals surface area contributed by atoms with E-state index in [2.05, 4.69) is 57.9 Å². The molecule has 7 nitrogen and oxygen atoms in total. The van der Waals surface area contributed by atoms with Gasteiger partial charge in [-0.1, -0.05) is 61.9 Å². The van der Waals surface area contributed by atoms with Crippen molar-refractivity contribution in [2.75, 3.05) is 0 Å². The highest BCUT2D eigenvalue weighted by molar-refractivity contribution is 5.80. The molecular formula is C26H28N6O. The van der Waals surface area contributed by atoms with Crippen molar-refractivity contribution in [2.45, 2.75) is 58.4 Å². The van der Waals surface area contributed by atoms with E-state index >= 15 is 0 Å². The van der Waals surface area contributed by atoms with Crippen molar-refractivity contribution in [3.8, 4) is 22.5 Å². The topological polar surface area (TPSA) is 89.3 Å². The number of rotatable bonds is 7. The highest BCUT2D eigenvalue weighted by atomic mass is 16.1. The van der Waals surface area contributed by atoms with E-state index in [1.165, 1.54) is 0 Å². The Morgan fingerprint density at radius 1 is 1.00 bits per heavy atom. The van der Waals surface area contributed by atoms with Gasteiger partial charge in [-0.05, 0) is 59.2 Å². The summed E-state index contributed by atoms with van der Waals surface area (Å²) in [5.74, 6) is 1.57. The van der Waals surface area contributed by atoms with Gasteiger partial charge >= 0.3 is 0 Å². The number of hydrogen-bond donors (Lipinski definition) is 1. The number of fused-ring (bicyclic) bond motifs is 1. The normalized spacial score (nSPS) is 13.1. The lowest BCUT2D eigenvalue weighted by Gasteiger charge is -2.20. The van der Waals surface area contributed by atoms with Gasteiger partial charge < -0.3 is 0 Å². The van der Waals surface area contributed by atoms with Crippen LogP contribution in [0, 0.1) is 0 Å². The zero-order valence-corrected chi connectivity index (χ0v) is 18.9. The van der Waals surface area contributed by atoms with Crippen LogP contribution in [0.5, 0.6) is 0 Å². The quantitative estimate of drug-likeness (QED) is 0.461. The van der Waals surface area contributed by atoms with E-state index in [0.717, 1.165) is 84.3 Å². The van der Waals surface area contributed by atoms with Gasteiger partial charge in [-0.15, -0.1) is 5.10 Å². The van der Waals surface area contributed by atoms with Gasteiger partial charge in [0.05, 0.1) is 12.2 Å². The van der Waals surface area contributed by atoms with Gasteiger partial charge in [-0.3, -0.25) is 9.36 Å². The Kier molecular flexibility index (Phi) is 6.11. The van der Waals surface area contributed by atoms with Gasteiger partial charge in [0.15, 0.2) is 5.82 Å². The summed E-state index contributed by atoms with van der Waals surface area (Å²) < 4.78 is 1.91. The maximum atomic E-state index is 13.4. The number of benzene rings is 2. The van der Waals surface area contributed by atoms with Crippen LogP contribution in [-0.2, 0) is 25.8 Å². The molecule has 2 aromatic heterocycles. The predicted molar refractivity (Wildman–Crippen MR) is 128 cm³/mol. The maximum absolute atomic E-state index is 13.4. The van der Waals surface area contributed by atoms with E-state index in [1.54, 1.807) is 0 Å². The van der Waals surface area contributed by atoms with Gasteiger partial charge in [-0.25, -0.2) is 10.1 Å². The van der Waals surface area contributed by atoms with Crippen LogP contribution in [0.15, 0.2) is 53.3 Å². The molecule has 5 rings (SSSR count). The average molecular weight is 441 g/mol. The van der Waals surface area contributed by atoms with Crippen molar-refractivity contribution in [1.29, 1.82) is 0 Å². The van der Waals surface area contributed by atoms with Crippen LogP contribution < -0.4 is 5.56 Å². The highest BCUT2D eigenvalue weighted by Crippen LogP contribution is 2.30. The van der Waals surface area contributed by atoms with Crippen LogP contribution in [0.2, 0.25) is 0 Å². The molecule has 0 unspecified atom stereocenters. The SMILES string of the molecule is CCCCc1nc2c(c(=O)n1Cc1ccc(-c3ccccc3-c3nnn[nH]3)cc1)CCCC2. The summed E-state index contributed by atoms with van der Waals surface area (Å²) in [4.78, 5) is 18.3. The second kappa shape index (κ2) is 9.48. The molecule has 0 spiro atoms. The summed E-state index contributed by atoms with van der Waals surface area (Å²) in [6.45, 7) is 2.72. The van der Waals surface area contributed by atoms with Crippen LogP contribution in [0.25, 0.3) is 22.5 Å². The van der Waals surface area contributed by atoms with E-state index in [0.29, 0.717) is 12.4 Å². The van der Waals surface area contributed by atoms with Crippen LogP contribution >= 0.6 is 0 Å². The number of nitrogens with one attached hydrogen (secondary N) is 1. The van der Waals surface area contributed by atoms with Crippen molar-refractivity contribution in [3.05, 3.63) is 81.5 Å². The fraction of sp³-hybridized carbons (Fsp3) is 0.346. The molecular weight excluding hydrogens is 412 g/mol. The lowest BCUT2D eigenvalue weighted by molar-refractivity contribution is 0.582. The summed E-state index contributed by atoms with van der Waals surface area (Å²) in [6.07, 6.45) is 6.95. The highest BCUT2D eigenvalue weighted by Gasteiger charge is 2.19. The van der Waals surface area contributed by atoms with E-state index in [1.807, 2.05) is 22.8 Å². The third-order valence-corrected chi connectivity index (χ3v) is 6.40. The molecule has 1 aliphatic rings. The molecule has 7 heteroatoms. The Bertz CT molecular complexity index is 1290. The molecule has 0 bridgehead atoms. The predicted octanol–water partition coefficient (Wildman–Crippen LogP) is 4.36. The summed E-state index contributed by atoms with van der Waals surface area (Å²) in [5.41, 5.74) is 6.28. The Morgan fingerprint density at radius 2 is 1.79 bits per heavy atom. The van der Waals surface area contributed by atoms with Crippen molar-refractivity contribution in [3.63, 3.8) is 0 Å². The lowest BCUT2D eigenvalue weighted by atomic mass is 9.96. The van der Waals surface area contributed by atoms with Crippen LogP contribution in [0.4, 0.5) is 0 Å². The molecule has 1 N–H and O–H groups in total. The molecule has 0 fully saturated rings. The van der Waals surface area contributed by atoms with Gasteiger partial charge in [0.2, 0.25) is 0 Å². The van der Waals surface area contributed by atoms with Crippen LogP contribution in [0.1, 0.15) is 55.3 Å². The molecule has 2 heterocycles. The Labute approximate surface area is 192 Å². The first kappa shape index (κ1) is 21.2. The third-order valence-electron chi connectivity index (χ3n) is 6.40. The van der Waals surface area contributed by atoms with E-state index in [-0.39, 0.29) is 5.56 Å². The first-order valence-corrected chi connectivity index (χ1v) is 11.8. The minimum absolute atomic E-state index is 0.151. The largest absolute Gasteiger partial charge is 0.292 e. The van der Waals surface area contributed by atoms with Gasteiger partial charge in [0, 0.05) is 17.5 Å². The number of nitrogens with zero attached hydrogens (tertiary/aromatic N) is 5. The Morgan fingerprint density at radius 3 is 2.55 bits per heavy atom. The van der Waals surface area contributed by atoms with Crippen LogP contribution in [-0.4, -0.2) is 30.2 Å². The molecule has 0 saturated carbocycles. The van der Waals surface area contributed by atoms with Crippen molar-refractivity contribution < 1.29 is 0 Å². The van der Waals surface area contributed by atoms with Crippen molar-refractivity contribution in [1.82, 2.24) is 30.2 Å². The number of tetrazole rings is 1. The molecule has 2 aromatic carbocycles. The molecule has 33 heavy (non-hydrogen) atoms.